The Bertz CT molecular complexity index is 1280. The number of nitrogens with one attached hydrogen (secondary N) is 3. The Labute approximate surface area is 219 Å². The average molecular weight is 523 g/mol. The van der Waals surface area contributed by atoms with Crippen molar-refractivity contribution >= 4 is 41.2 Å². The summed E-state index contributed by atoms with van der Waals surface area (Å²) in [6.07, 6.45) is 1.36. The molecule has 0 aliphatic rings. The van der Waals surface area contributed by atoms with Gasteiger partial charge in [-0.3, -0.25) is 14.4 Å². The third-order valence-corrected chi connectivity index (χ3v) is 5.26. The summed E-state index contributed by atoms with van der Waals surface area (Å²) < 4.78 is 11.2. The van der Waals surface area contributed by atoms with Gasteiger partial charge in [0.25, 0.3) is 5.91 Å². The lowest BCUT2D eigenvalue weighted by Gasteiger charge is -2.13. The van der Waals surface area contributed by atoms with Crippen molar-refractivity contribution in [3.8, 4) is 11.5 Å². The number of carbonyl (C=O) groups excluding carboxylic acids is 3. The number of hydrogen-bond donors (Lipinski definition) is 3. The van der Waals surface area contributed by atoms with E-state index in [1.807, 2.05) is 38.1 Å². The highest BCUT2D eigenvalue weighted by molar-refractivity contribution is 6.35. The van der Waals surface area contributed by atoms with E-state index in [-0.39, 0.29) is 19.1 Å². The van der Waals surface area contributed by atoms with E-state index in [0.717, 1.165) is 11.1 Å². The number of aryl methyl sites for hydroxylation is 1. The number of para-hydroxylation sites is 1. The zero-order valence-electron chi connectivity index (χ0n) is 20.4. The van der Waals surface area contributed by atoms with Crippen molar-refractivity contribution < 1.29 is 23.9 Å². The van der Waals surface area contributed by atoms with Crippen LogP contribution in [-0.4, -0.2) is 37.1 Å². The first kappa shape index (κ1) is 27.2. The largest absolute Gasteiger partial charge is 0.490 e. The maximum Gasteiger partial charge on any atom is 0.329 e. The zero-order valence-corrected chi connectivity index (χ0v) is 21.2. The van der Waals surface area contributed by atoms with E-state index >= 15 is 0 Å². The number of ether oxygens (including phenoxy) is 2. The number of rotatable bonds is 10. The van der Waals surface area contributed by atoms with Crippen LogP contribution in [0.2, 0.25) is 5.02 Å². The average Bonchev–Trinajstić information content (AvgIpc) is 2.89. The molecule has 0 atom stereocenters. The molecule has 10 heteroatoms. The van der Waals surface area contributed by atoms with Crippen LogP contribution in [0, 0.1) is 6.92 Å². The van der Waals surface area contributed by atoms with E-state index in [2.05, 4.69) is 21.2 Å². The van der Waals surface area contributed by atoms with Gasteiger partial charge in [0.05, 0.1) is 23.5 Å². The fourth-order valence-corrected chi connectivity index (χ4v) is 3.25. The molecule has 0 saturated carbocycles. The first-order valence-corrected chi connectivity index (χ1v) is 11.8. The number of amides is 3. The lowest BCUT2D eigenvalue weighted by molar-refractivity contribution is -0.139. The second-order valence-electron chi connectivity index (χ2n) is 7.82. The van der Waals surface area contributed by atoms with Crippen LogP contribution in [-0.2, 0) is 20.9 Å². The first-order valence-electron chi connectivity index (χ1n) is 11.5. The highest BCUT2D eigenvalue weighted by Crippen LogP contribution is 2.28. The summed E-state index contributed by atoms with van der Waals surface area (Å²) in [5, 5.41) is 9.47. The lowest BCUT2D eigenvalue weighted by atomic mass is 10.1. The molecule has 3 N–H and O–H groups in total. The molecule has 0 radical (unpaired) electrons. The Hall–Kier alpha value is -4.37. The lowest BCUT2D eigenvalue weighted by Crippen LogP contribution is -2.37. The minimum Gasteiger partial charge on any atom is -0.490 e. The van der Waals surface area contributed by atoms with Crippen LogP contribution in [0.3, 0.4) is 0 Å². The number of benzene rings is 3. The molecule has 0 aliphatic carbocycles. The van der Waals surface area contributed by atoms with Crippen molar-refractivity contribution in [3.63, 3.8) is 0 Å². The second kappa shape index (κ2) is 13.6. The van der Waals surface area contributed by atoms with Crippen LogP contribution < -0.4 is 25.5 Å². The van der Waals surface area contributed by atoms with E-state index in [9.17, 15) is 14.4 Å². The topological polar surface area (TPSA) is 118 Å². The van der Waals surface area contributed by atoms with Gasteiger partial charge in [-0.2, -0.15) is 5.10 Å². The molecular formula is C27H27ClN4O5. The number of hydrazone groups is 1. The summed E-state index contributed by atoms with van der Waals surface area (Å²) >= 11 is 6.06. The molecule has 0 bridgehead atoms. The smallest absolute Gasteiger partial charge is 0.329 e. The fraction of sp³-hybridized carbons (Fsp3) is 0.185. The van der Waals surface area contributed by atoms with Crippen molar-refractivity contribution in [2.24, 2.45) is 5.10 Å². The van der Waals surface area contributed by atoms with Gasteiger partial charge in [-0.05, 0) is 55.3 Å². The van der Waals surface area contributed by atoms with Gasteiger partial charge in [-0.25, -0.2) is 5.43 Å². The van der Waals surface area contributed by atoms with Gasteiger partial charge in [0.1, 0.15) is 0 Å². The van der Waals surface area contributed by atoms with Gasteiger partial charge < -0.3 is 20.1 Å². The molecule has 3 aromatic rings. The fourth-order valence-electron chi connectivity index (χ4n) is 3.07. The SMILES string of the molecule is CCOc1cc(/C=N\NC(=O)C(=O)NCc2ccc(C)cc2)ccc1OCC(=O)Nc1ccccc1Cl. The molecule has 0 unspecified atom stereocenters. The van der Waals surface area contributed by atoms with Gasteiger partial charge in [-0.15, -0.1) is 0 Å². The predicted molar refractivity (Wildman–Crippen MR) is 142 cm³/mol. The summed E-state index contributed by atoms with van der Waals surface area (Å²) in [5.41, 5.74) is 5.24. The summed E-state index contributed by atoms with van der Waals surface area (Å²) in [5.74, 6) is -1.33. The summed E-state index contributed by atoms with van der Waals surface area (Å²) in [6.45, 7) is 4.11. The van der Waals surface area contributed by atoms with Gasteiger partial charge in [-0.1, -0.05) is 53.6 Å². The highest BCUT2D eigenvalue weighted by atomic mass is 35.5. The molecule has 3 amide bonds. The van der Waals surface area contributed by atoms with Crippen LogP contribution in [0.15, 0.2) is 71.8 Å². The van der Waals surface area contributed by atoms with Crippen molar-refractivity contribution in [1.29, 1.82) is 0 Å². The quantitative estimate of drug-likeness (QED) is 0.212. The molecule has 0 spiro atoms. The standard InChI is InChI=1S/C27H27ClN4O5/c1-3-36-24-14-20(12-13-23(24)37-17-25(33)31-22-7-5-4-6-21(22)28)16-30-32-27(35)26(34)29-15-19-10-8-18(2)9-11-19/h4-14,16H,3,15,17H2,1-2H3,(H,29,34)(H,31,33)(H,32,35)/b30-16-. The molecule has 0 heterocycles. The number of nitrogens with zero attached hydrogens (tertiary/aromatic N) is 1. The Balaban J connectivity index is 1.52. The number of anilines is 1. The van der Waals surface area contributed by atoms with Crippen LogP contribution in [0.1, 0.15) is 23.6 Å². The Morgan fingerprint density at radius 3 is 2.43 bits per heavy atom. The van der Waals surface area contributed by atoms with Crippen LogP contribution >= 0.6 is 11.6 Å². The molecule has 37 heavy (non-hydrogen) atoms. The molecule has 0 saturated heterocycles. The van der Waals surface area contributed by atoms with Gasteiger partial charge >= 0.3 is 11.8 Å². The summed E-state index contributed by atoms with van der Waals surface area (Å²) in [4.78, 5) is 36.2. The number of halogens is 1. The maximum absolute atomic E-state index is 12.2. The molecule has 0 fully saturated rings. The van der Waals surface area contributed by atoms with E-state index in [1.165, 1.54) is 6.21 Å². The Kier molecular flexibility index (Phi) is 10.0. The van der Waals surface area contributed by atoms with Gasteiger partial charge in [0.2, 0.25) is 0 Å². The van der Waals surface area contributed by atoms with E-state index in [0.29, 0.717) is 34.4 Å². The summed E-state index contributed by atoms with van der Waals surface area (Å²) in [6, 6.07) is 19.4. The third kappa shape index (κ3) is 8.66. The Morgan fingerprint density at radius 2 is 1.70 bits per heavy atom. The second-order valence-corrected chi connectivity index (χ2v) is 8.23. The third-order valence-electron chi connectivity index (χ3n) is 4.93. The van der Waals surface area contributed by atoms with E-state index < -0.39 is 11.8 Å². The van der Waals surface area contributed by atoms with Crippen LogP contribution in [0.25, 0.3) is 0 Å². The predicted octanol–water partition coefficient (Wildman–Crippen LogP) is 3.83. The highest BCUT2D eigenvalue weighted by Gasteiger charge is 2.13. The first-order chi connectivity index (χ1) is 17.9. The minimum atomic E-state index is -0.891. The summed E-state index contributed by atoms with van der Waals surface area (Å²) in [7, 11) is 0. The molecule has 3 aromatic carbocycles. The van der Waals surface area contributed by atoms with Crippen molar-refractivity contribution in [2.75, 3.05) is 18.5 Å². The van der Waals surface area contributed by atoms with Crippen molar-refractivity contribution in [3.05, 3.63) is 88.4 Å². The normalized spacial score (nSPS) is 10.6. The zero-order chi connectivity index (χ0) is 26.6. The molecular weight excluding hydrogens is 496 g/mol. The molecule has 192 valence electrons. The molecule has 9 nitrogen and oxygen atoms in total. The molecule has 0 aromatic heterocycles. The van der Waals surface area contributed by atoms with Crippen LogP contribution in [0.4, 0.5) is 5.69 Å². The van der Waals surface area contributed by atoms with Gasteiger partial charge in [0, 0.05) is 6.54 Å². The van der Waals surface area contributed by atoms with E-state index in [1.54, 1.807) is 42.5 Å². The monoisotopic (exact) mass is 522 g/mol. The molecule has 3 rings (SSSR count). The van der Waals surface area contributed by atoms with Crippen LogP contribution in [0.5, 0.6) is 11.5 Å². The van der Waals surface area contributed by atoms with E-state index in [4.69, 9.17) is 21.1 Å². The Morgan fingerprint density at radius 1 is 0.946 bits per heavy atom. The van der Waals surface area contributed by atoms with Crippen molar-refractivity contribution in [2.45, 2.75) is 20.4 Å². The number of carbonyl (C=O) groups is 3. The van der Waals surface area contributed by atoms with Gasteiger partial charge in [0.15, 0.2) is 18.1 Å². The number of hydrogen-bond acceptors (Lipinski definition) is 6. The van der Waals surface area contributed by atoms with Crippen molar-refractivity contribution in [1.82, 2.24) is 10.7 Å². The maximum atomic E-state index is 12.2. The molecule has 0 aliphatic heterocycles. The minimum absolute atomic E-state index is 0.228.